The van der Waals surface area contributed by atoms with Gasteiger partial charge >= 0.3 is 0 Å². The first-order valence-corrected chi connectivity index (χ1v) is 11.0. The summed E-state index contributed by atoms with van der Waals surface area (Å²) >= 11 is 0. The minimum atomic E-state index is -0.0999. The van der Waals surface area contributed by atoms with Gasteiger partial charge in [0, 0.05) is 45.5 Å². The van der Waals surface area contributed by atoms with Crippen LogP contribution < -0.4 is 10.1 Å². The van der Waals surface area contributed by atoms with Gasteiger partial charge in [-0.2, -0.15) is 10.2 Å². The summed E-state index contributed by atoms with van der Waals surface area (Å²) in [6, 6.07) is 7.45. The second-order valence-electron chi connectivity index (χ2n) is 8.64. The molecule has 4 heterocycles. The second kappa shape index (κ2) is 8.36. The number of carbonyl (C=O) groups is 2. The molecule has 2 aliphatic rings. The molecule has 10 heteroatoms. The van der Waals surface area contributed by atoms with E-state index in [1.165, 1.54) is 0 Å². The van der Waals surface area contributed by atoms with Crippen LogP contribution in [0.25, 0.3) is 11.1 Å². The summed E-state index contributed by atoms with van der Waals surface area (Å²) in [7, 11) is 3.65. The predicted octanol–water partition coefficient (Wildman–Crippen LogP) is 1.29. The maximum atomic E-state index is 13.1. The Morgan fingerprint density at radius 1 is 1.18 bits per heavy atom. The minimum Gasteiger partial charge on any atom is -0.490 e. The van der Waals surface area contributed by atoms with Crippen LogP contribution in [0, 0.1) is 6.92 Å². The number of aryl methyl sites for hydroxylation is 3. The molecular formula is C23H27N7O3. The van der Waals surface area contributed by atoms with Crippen molar-refractivity contribution in [2.24, 2.45) is 14.1 Å². The van der Waals surface area contributed by atoms with Crippen molar-refractivity contribution in [3.8, 4) is 16.9 Å². The monoisotopic (exact) mass is 449 g/mol. The van der Waals surface area contributed by atoms with Crippen LogP contribution in [0.4, 0.5) is 5.69 Å². The molecule has 2 aromatic heterocycles. The van der Waals surface area contributed by atoms with E-state index in [-0.39, 0.29) is 24.4 Å². The van der Waals surface area contributed by atoms with Gasteiger partial charge in [0.25, 0.3) is 5.91 Å². The topological polar surface area (TPSA) is 97.5 Å². The lowest BCUT2D eigenvalue weighted by Gasteiger charge is -2.40. The van der Waals surface area contributed by atoms with Crippen molar-refractivity contribution in [1.82, 2.24) is 29.4 Å². The van der Waals surface area contributed by atoms with E-state index in [1.54, 1.807) is 28.7 Å². The van der Waals surface area contributed by atoms with E-state index in [2.05, 4.69) is 20.4 Å². The standard InChI is InChI=1S/C23H27N7O3/c1-15-8-20(28(3)26-15)23(32)30-7-6-29-13-22(31)25-19-9-16(17-10-24-27(2)11-17)4-5-21(19)33-14-18(29)12-30/h4-5,8-11,18H,6-7,12-14H2,1-3H3,(H,25,31)/t18-/m0/s1. The van der Waals surface area contributed by atoms with Gasteiger partial charge in [-0.25, -0.2) is 0 Å². The number of benzene rings is 1. The van der Waals surface area contributed by atoms with Crippen molar-refractivity contribution in [3.63, 3.8) is 0 Å². The van der Waals surface area contributed by atoms with Crippen molar-refractivity contribution in [1.29, 1.82) is 0 Å². The molecule has 1 atom stereocenters. The molecule has 3 aromatic rings. The fraction of sp³-hybridized carbons (Fsp3) is 0.391. The molecule has 1 N–H and O–H groups in total. The van der Waals surface area contributed by atoms with Gasteiger partial charge in [-0.15, -0.1) is 0 Å². The number of piperazine rings is 1. The van der Waals surface area contributed by atoms with E-state index in [0.29, 0.717) is 43.4 Å². The molecule has 0 saturated carbocycles. The summed E-state index contributed by atoms with van der Waals surface area (Å²) in [5.41, 5.74) is 3.93. The lowest BCUT2D eigenvalue weighted by molar-refractivity contribution is -0.118. The highest BCUT2D eigenvalue weighted by Gasteiger charge is 2.33. The lowest BCUT2D eigenvalue weighted by atomic mass is 10.1. The maximum absolute atomic E-state index is 13.1. The summed E-state index contributed by atoms with van der Waals surface area (Å²) in [6.45, 7) is 4.13. The second-order valence-corrected chi connectivity index (χ2v) is 8.64. The Morgan fingerprint density at radius 3 is 2.76 bits per heavy atom. The molecule has 1 saturated heterocycles. The van der Waals surface area contributed by atoms with Crippen LogP contribution in [-0.4, -0.2) is 80.0 Å². The summed E-state index contributed by atoms with van der Waals surface area (Å²) in [5, 5.41) is 11.5. The molecule has 0 spiro atoms. The first-order chi connectivity index (χ1) is 15.9. The Kier molecular flexibility index (Phi) is 5.37. The SMILES string of the molecule is Cc1cc(C(=O)N2CCN3CC(=O)Nc4cc(-c5cnn(C)c5)ccc4OC[C@@H]3C2)n(C)n1. The number of anilines is 1. The number of ether oxygens (including phenoxy) is 1. The van der Waals surface area contributed by atoms with Crippen LogP contribution in [0.15, 0.2) is 36.7 Å². The molecule has 5 rings (SSSR count). The van der Waals surface area contributed by atoms with Crippen LogP contribution in [0.3, 0.4) is 0 Å². The predicted molar refractivity (Wildman–Crippen MR) is 122 cm³/mol. The molecule has 1 fully saturated rings. The molecule has 2 amide bonds. The molecule has 0 radical (unpaired) electrons. The van der Waals surface area contributed by atoms with Gasteiger partial charge in [0.2, 0.25) is 5.91 Å². The summed E-state index contributed by atoms with van der Waals surface area (Å²) in [5.74, 6) is 0.462. The lowest BCUT2D eigenvalue weighted by Crippen LogP contribution is -2.58. The Morgan fingerprint density at radius 2 is 2.03 bits per heavy atom. The quantitative estimate of drug-likeness (QED) is 0.633. The number of nitrogens with zero attached hydrogens (tertiary/aromatic N) is 6. The van der Waals surface area contributed by atoms with Crippen molar-refractivity contribution in [3.05, 3.63) is 48.0 Å². The van der Waals surface area contributed by atoms with Gasteiger partial charge in [-0.3, -0.25) is 23.9 Å². The Bertz CT molecular complexity index is 1210. The fourth-order valence-electron chi connectivity index (χ4n) is 4.48. The fourth-order valence-corrected chi connectivity index (χ4v) is 4.48. The van der Waals surface area contributed by atoms with Crippen LogP contribution in [0.1, 0.15) is 16.2 Å². The summed E-state index contributed by atoms with van der Waals surface area (Å²) in [6.07, 6.45) is 3.71. The Balaban J connectivity index is 1.36. The first kappa shape index (κ1) is 21.2. The molecule has 10 nitrogen and oxygen atoms in total. The number of carbonyl (C=O) groups excluding carboxylic acids is 2. The van der Waals surface area contributed by atoms with Crippen LogP contribution in [0.5, 0.6) is 5.75 Å². The minimum absolute atomic E-state index is 0.0522. The number of nitrogens with one attached hydrogen (secondary N) is 1. The average molecular weight is 450 g/mol. The van der Waals surface area contributed by atoms with E-state index in [1.807, 2.05) is 43.3 Å². The zero-order chi connectivity index (χ0) is 23.1. The summed E-state index contributed by atoms with van der Waals surface area (Å²) in [4.78, 5) is 29.8. The van der Waals surface area contributed by atoms with Gasteiger partial charge in [0.1, 0.15) is 18.1 Å². The number of hydrogen-bond acceptors (Lipinski definition) is 6. The van der Waals surface area contributed by atoms with Crippen LogP contribution >= 0.6 is 0 Å². The third-order valence-electron chi connectivity index (χ3n) is 6.18. The summed E-state index contributed by atoms with van der Waals surface area (Å²) < 4.78 is 9.51. The smallest absolute Gasteiger partial charge is 0.272 e. The van der Waals surface area contributed by atoms with E-state index in [9.17, 15) is 9.59 Å². The zero-order valence-electron chi connectivity index (χ0n) is 19.0. The van der Waals surface area contributed by atoms with Gasteiger partial charge in [-0.05, 0) is 30.7 Å². The zero-order valence-corrected chi connectivity index (χ0v) is 19.0. The highest BCUT2D eigenvalue weighted by molar-refractivity contribution is 5.95. The van der Waals surface area contributed by atoms with Gasteiger partial charge in [0.15, 0.2) is 0 Å². The van der Waals surface area contributed by atoms with Gasteiger partial charge < -0.3 is 15.0 Å². The number of amides is 2. The Hall–Kier alpha value is -3.66. The molecule has 0 aliphatic carbocycles. The van der Waals surface area contributed by atoms with Crippen molar-refractivity contribution in [2.75, 3.05) is 38.1 Å². The molecule has 0 bridgehead atoms. The third-order valence-corrected chi connectivity index (χ3v) is 6.18. The highest BCUT2D eigenvalue weighted by atomic mass is 16.5. The average Bonchev–Trinajstić information content (AvgIpc) is 3.38. The molecule has 0 unspecified atom stereocenters. The highest BCUT2D eigenvalue weighted by Crippen LogP contribution is 2.32. The largest absolute Gasteiger partial charge is 0.490 e. The van der Waals surface area contributed by atoms with E-state index < -0.39 is 0 Å². The van der Waals surface area contributed by atoms with Crippen molar-refractivity contribution in [2.45, 2.75) is 13.0 Å². The molecule has 172 valence electrons. The van der Waals surface area contributed by atoms with Gasteiger partial charge in [-0.1, -0.05) is 6.07 Å². The normalized spacial score (nSPS) is 18.9. The van der Waals surface area contributed by atoms with Gasteiger partial charge in [0.05, 0.1) is 30.2 Å². The maximum Gasteiger partial charge on any atom is 0.272 e. The van der Waals surface area contributed by atoms with E-state index in [0.717, 1.165) is 16.8 Å². The van der Waals surface area contributed by atoms with Crippen LogP contribution in [-0.2, 0) is 18.9 Å². The van der Waals surface area contributed by atoms with Crippen molar-refractivity contribution >= 4 is 17.5 Å². The van der Waals surface area contributed by atoms with E-state index >= 15 is 0 Å². The number of rotatable bonds is 2. The van der Waals surface area contributed by atoms with E-state index in [4.69, 9.17) is 4.74 Å². The number of aromatic nitrogens is 4. The molecule has 2 aliphatic heterocycles. The third kappa shape index (κ3) is 4.21. The number of fused-ring (bicyclic) bond motifs is 2. The first-order valence-electron chi connectivity index (χ1n) is 11.0. The molecular weight excluding hydrogens is 422 g/mol. The molecule has 33 heavy (non-hydrogen) atoms. The number of hydrogen-bond donors (Lipinski definition) is 1. The van der Waals surface area contributed by atoms with Crippen molar-refractivity contribution < 1.29 is 14.3 Å². The Labute approximate surface area is 191 Å². The molecule has 1 aromatic carbocycles. The van der Waals surface area contributed by atoms with Crippen LogP contribution in [0.2, 0.25) is 0 Å².